The van der Waals surface area contributed by atoms with Crippen molar-refractivity contribution >= 4 is 17.3 Å². The number of nitrogens with two attached hydrogens (primary N) is 1. The first-order chi connectivity index (χ1) is 10.1. The summed E-state index contributed by atoms with van der Waals surface area (Å²) >= 11 is 1.67. The third kappa shape index (κ3) is 4.41. The van der Waals surface area contributed by atoms with Crippen LogP contribution in [0.25, 0.3) is 0 Å². The number of esters is 1. The van der Waals surface area contributed by atoms with Crippen LogP contribution in [0, 0.1) is 6.92 Å². The second kappa shape index (κ2) is 7.38. The molecular formula is C17H21NO2S. The molecule has 4 heteroatoms. The summed E-state index contributed by atoms with van der Waals surface area (Å²) in [4.78, 5) is 13.8. The van der Waals surface area contributed by atoms with Crippen molar-refractivity contribution in [1.82, 2.24) is 0 Å². The van der Waals surface area contributed by atoms with Crippen molar-refractivity contribution < 1.29 is 9.53 Å². The number of aryl methyl sites for hydroxylation is 1. The predicted molar refractivity (Wildman–Crippen MR) is 86.5 cm³/mol. The maximum atomic E-state index is 11.5. The quantitative estimate of drug-likeness (QED) is 0.830. The molecule has 0 saturated carbocycles. The molecular weight excluding hydrogens is 282 g/mol. The van der Waals surface area contributed by atoms with Crippen LogP contribution in [-0.4, -0.2) is 12.6 Å². The zero-order valence-electron chi connectivity index (χ0n) is 12.5. The molecule has 1 heterocycles. The van der Waals surface area contributed by atoms with Gasteiger partial charge in [-0.1, -0.05) is 24.3 Å². The van der Waals surface area contributed by atoms with E-state index in [-0.39, 0.29) is 18.4 Å². The van der Waals surface area contributed by atoms with Gasteiger partial charge < -0.3 is 10.5 Å². The SMILES string of the molecule is CCOC(=O)C[C@H](N)c1ccc(Cc2ccccc2C)s1. The van der Waals surface area contributed by atoms with Gasteiger partial charge in [0, 0.05) is 22.2 Å². The lowest BCUT2D eigenvalue weighted by Crippen LogP contribution is -2.16. The molecule has 0 spiro atoms. The summed E-state index contributed by atoms with van der Waals surface area (Å²) in [5.74, 6) is -0.237. The van der Waals surface area contributed by atoms with E-state index in [4.69, 9.17) is 10.5 Å². The topological polar surface area (TPSA) is 52.3 Å². The van der Waals surface area contributed by atoms with E-state index in [1.165, 1.54) is 16.0 Å². The van der Waals surface area contributed by atoms with Gasteiger partial charge in [0.2, 0.25) is 0 Å². The fourth-order valence-corrected chi connectivity index (χ4v) is 3.22. The van der Waals surface area contributed by atoms with Crippen molar-refractivity contribution in [3.05, 3.63) is 57.3 Å². The molecule has 112 valence electrons. The van der Waals surface area contributed by atoms with E-state index in [0.29, 0.717) is 6.61 Å². The maximum absolute atomic E-state index is 11.5. The van der Waals surface area contributed by atoms with Crippen molar-refractivity contribution in [2.24, 2.45) is 5.73 Å². The molecule has 3 nitrogen and oxygen atoms in total. The van der Waals surface area contributed by atoms with Crippen LogP contribution in [0.2, 0.25) is 0 Å². The monoisotopic (exact) mass is 303 g/mol. The molecule has 0 aliphatic rings. The highest BCUT2D eigenvalue weighted by Crippen LogP contribution is 2.26. The van der Waals surface area contributed by atoms with E-state index in [2.05, 4.69) is 31.2 Å². The Labute approximate surface area is 129 Å². The Hall–Kier alpha value is -1.65. The number of thiophene rings is 1. The Morgan fingerprint density at radius 2 is 2.05 bits per heavy atom. The van der Waals surface area contributed by atoms with Crippen molar-refractivity contribution in [2.75, 3.05) is 6.61 Å². The average molecular weight is 303 g/mol. The van der Waals surface area contributed by atoms with E-state index in [0.717, 1.165) is 11.3 Å². The molecule has 0 unspecified atom stereocenters. The molecule has 1 atom stereocenters. The van der Waals surface area contributed by atoms with E-state index in [1.807, 2.05) is 12.1 Å². The lowest BCUT2D eigenvalue weighted by molar-refractivity contribution is -0.143. The van der Waals surface area contributed by atoms with Gasteiger partial charge >= 0.3 is 5.97 Å². The standard InChI is InChI=1S/C17H21NO2S/c1-3-20-17(19)11-15(18)16-9-8-14(21-16)10-13-7-5-4-6-12(13)2/h4-9,15H,3,10-11,18H2,1-2H3/t15-/m0/s1. The molecule has 2 rings (SSSR count). The summed E-state index contributed by atoms with van der Waals surface area (Å²) in [7, 11) is 0. The van der Waals surface area contributed by atoms with Gasteiger partial charge in [-0.2, -0.15) is 0 Å². The van der Waals surface area contributed by atoms with Crippen LogP contribution in [0.5, 0.6) is 0 Å². The highest BCUT2D eigenvalue weighted by molar-refractivity contribution is 7.12. The first-order valence-corrected chi connectivity index (χ1v) is 7.96. The number of hydrogen-bond donors (Lipinski definition) is 1. The smallest absolute Gasteiger partial charge is 0.307 e. The molecule has 1 aromatic heterocycles. The van der Waals surface area contributed by atoms with Crippen molar-refractivity contribution in [1.29, 1.82) is 0 Å². The number of rotatable bonds is 6. The lowest BCUT2D eigenvalue weighted by Gasteiger charge is -2.08. The van der Waals surface area contributed by atoms with E-state index in [9.17, 15) is 4.79 Å². The summed E-state index contributed by atoms with van der Waals surface area (Å²) < 4.78 is 4.94. The normalized spacial score (nSPS) is 12.1. The van der Waals surface area contributed by atoms with Gasteiger partial charge in [-0.05, 0) is 37.1 Å². The Morgan fingerprint density at radius 3 is 2.76 bits per heavy atom. The number of ether oxygens (including phenoxy) is 1. The van der Waals surface area contributed by atoms with Crippen LogP contribution in [0.4, 0.5) is 0 Å². The van der Waals surface area contributed by atoms with Crippen LogP contribution in [-0.2, 0) is 16.0 Å². The van der Waals surface area contributed by atoms with Crippen LogP contribution in [0.3, 0.4) is 0 Å². The minimum atomic E-state index is -0.278. The van der Waals surface area contributed by atoms with Gasteiger partial charge in [0.15, 0.2) is 0 Å². The molecule has 0 aliphatic carbocycles. The van der Waals surface area contributed by atoms with Crippen molar-refractivity contribution in [3.63, 3.8) is 0 Å². The molecule has 2 aromatic rings. The lowest BCUT2D eigenvalue weighted by atomic mass is 10.1. The predicted octanol–water partition coefficient (Wildman–Crippen LogP) is 3.60. The second-order valence-corrected chi connectivity index (χ2v) is 6.22. The highest BCUT2D eigenvalue weighted by Gasteiger charge is 2.14. The van der Waals surface area contributed by atoms with Gasteiger partial charge in [0.1, 0.15) is 0 Å². The van der Waals surface area contributed by atoms with Gasteiger partial charge in [0.25, 0.3) is 0 Å². The summed E-state index contributed by atoms with van der Waals surface area (Å²) in [6, 6.07) is 12.2. The van der Waals surface area contributed by atoms with Gasteiger partial charge in [-0.3, -0.25) is 4.79 Å². The van der Waals surface area contributed by atoms with E-state index in [1.54, 1.807) is 18.3 Å². The molecule has 0 radical (unpaired) electrons. The van der Waals surface area contributed by atoms with Gasteiger partial charge in [0.05, 0.1) is 13.0 Å². The molecule has 0 bridgehead atoms. The van der Waals surface area contributed by atoms with Gasteiger partial charge in [-0.25, -0.2) is 0 Å². The average Bonchev–Trinajstić information content (AvgIpc) is 2.90. The Kier molecular flexibility index (Phi) is 5.53. The Balaban J connectivity index is 2.01. The number of benzene rings is 1. The third-order valence-electron chi connectivity index (χ3n) is 3.37. The molecule has 2 N–H and O–H groups in total. The number of hydrogen-bond acceptors (Lipinski definition) is 4. The number of carbonyl (C=O) groups excluding carboxylic acids is 1. The number of carbonyl (C=O) groups is 1. The minimum Gasteiger partial charge on any atom is -0.466 e. The zero-order chi connectivity index (χ0) is 15.2. The Morgan fingerprint density at radius 1 is 1.29 bits per heavy atom. The van der Waals surface area contributed by atoms with Crippen molar-refractivity contribution in [2.45, 2.75) is 32.7 Å². The summed E-state index contributed by atoms with van der Waals surface area (Å²) in [6.45, 7) is 4.32. The van der Waals surface area contributed by atoms with Gasteiger partial charge in [-0.15, -0.1) is 11.3 Å². The molecule has 1 aromatic carbocycles. The summed E-state index contributed by atoms with van der Waals surface area (Å²) in [5, 5.41) is 0. The fourth-order valence-electron chi connectivity index (χ4n) is 2.18. The summed E-state index contributed by atoms with van der Waals surface area (Å²) in [5.41, 5.74) is 8.69. The fraction of sp³-hybridized carbons (Fsp3) is 0.353. The first kappa shape index (κ1) is 15.7. The largest absolute Gasteiger partial charge is 0.466 e. The second-order valence-electron chi connectivity index (χ2n) is 5.02. The molecule has 21 heavy (non-hydrogen) atoms. The summed E-state index contributed by atoms with van der Waals surface area (Å²) in [6.07, 6.45) is 1.14. The molecule has 0 fully saturated rings. The van der Waals surface area contributed by atoms with E-state index >= 15 is 0 Å². The molecule has 0 aliphatic heterocycles. The third-order valence-corrected chi connectivity index (χ3v) is 4.58. The Bertz CT molecular complexity index is 606. The first-order valence-electron chi connectivity index (χ1n) is 7.14. The van der Waals surface area contributed by atoms with Crippen molar-refractivity contribution in [3.8, 4) is 0 Å². The zero-order valence-corrected chi connectivity index (χ0v) is 13.3. The molecule has 0 saturated heterocycles. The van der Waals surface area contributed by atoms with Crippen LogP contribution in [0.15, 0.2) is 36.4 Å². The van der Waals surface area contributed by atoms with E-state index < -0.39 is 0 Å². The molecule has 0 amide bonds. The highest BCUT2D eigenvalue weighted by atomic mass is 32.1. The van der Waals surface area contributed by atoms with Crippen LogP contribution in [0.1, 0.15) is 40.3 Å². The maximum Gasteiger partial charge on any atom is 0.307 e. The van der Waals surface area contributed by atoms with Crippen LogP contribution < -0.4 is 5.73 Å². The van der Waals surface area contributed by atoms with Crippen LogP contribution >= 0.6 is 11.3 Å². The minimum absolute atomic E-state index is 0.234.